The molecule has 1 saturated carbocycles. The Hall–Kier alpha value is -0.530. The monoisotopic (exact) mass is 213 g/mol. The largest absolute Gasteiger partial charge is 0.372 e. The molecule has 1 aliphatic rings. The highest BCUT2D eigenvalue weighted by Crippen LogP contribution is 2.39. The van der Waals surface area contributed by atoms with Crippen molar-refractivity contribution in [2.75, 3.05) is 0 Å². The number of amides is 1. The molecule has 0 aromatic heterocycles. The lowest BCUT2D eigenvalue weighted by atomic mass is 9.69. The molecule has 90 valence electrons. The Balaban J connectivity index is 0.000000583. The van der Waals surface area contributed by atoms with Crippen LogP contribution in [0, 0.1) is 23.7 Å². The van der Waals surface area contributed by atoms with Crippen molar-refractivity contribution >= 4 is 6.41 Å². The van der Waals surface area contributed by atoms with Gasteiger partial charge in [0.05, 0.1) is 0 Å². The molecule has 2 heteroatoms. The summed E-state index contributed by atoms with van der Waals surface area (Å²) in [7, 11) is 0. The number of nitrogens with two attached hydrogens (primary N) is 1. The van der Waals surface area contributed by atoms with E-state index in [2.05, 4.69) is 33.4 Å². The zero-order valence-electron chi connectivity index (χ0n) is 10.7. The topological polar surface area (TPSA) is 43.1 Å². The minimum absolute atomic E-state index is 0.250. The first-order chi connectivity index (χ1) is 7.06. The molecule has 0 aromatic carbocycles. The van der Waals surface area contributed by atoms with Gasteiger partial charge in [0.25, 0.3) is 0 Å². The van der Waals surface area contributed by atoms with Crippen LogP contribution in [0.5, 0.6) is 0 Å². The third kappa shape index (κ3) is 5.19. The summed E-state index contributed by atoms with van der Waals surface area (Å²) < 4.78 is 0. The number of hydrogen-bond acceptors (Lipinski definition) is 1. The van der Waals surface area contributed by atoms with E-state index in [1.54, 1.807) is 0 Å². The van der Waals surface area contributed by atoms with Gasteiger partial charge in [-0.3, -0.25) is 4.79 Å². The van der Waals surface area contributed by atoms with Gasteiger partial charge in [-0.05, 0) is 36.5 Å². The molecule has 1 rings (SSSR count). The maximum absolute atomic E-state index is 8.58. The number of carbonyl (C=O) groups is 1. The summed E-state index contributed by atoms with van der Waals surface area (Å²) in [6, 6.07) is 0. The van der Waals surface area contributed by atoms with Gasteiger partial charge in [-0.25, -0.2) is 0 Å². The zero-order chi connectivity index (χ0) is 11.8. The second-order valence-corrected chi connectivity index (χ2v) is 5.13. The molecule has 1 amide bonds. The standard InChI is InChI=1S/C12H24.CH3NO/c1-5-11-8-10(4)6-7-12(11)9(2)3;2-1-3/h9-12H,5-8H2,1-4H3;1H,(H2,2,3). The maximum Gasteiger partial charge on any atom is 0.204 e. The third-order valence-corrected chi connectivity index (χ3v) is 3.68. The van der Waals surface area contributed by atoms with E-state index in [9.17, 15) is 0 Å². The SMILES string of the molecule is CCC1CC(C)CCC1C(C)C.NC=O. The van der Waals surface area contributed by atoms with Gasteiger partial charge in [-0.1, -0.05) is 40.5 Å². The fourth-order valence-corrected chi connectivity index (χ4v) is 2.87. The highest BCUT2D eigenvalue weighted by molar-refractivity contribution is 5.42. The van der Waals surface area contributed by atoms with Gasteiger partial charge in [-0.2, -0.15) is 0 Å². The smallest absolute Gasteiger partial charge is 0.204 e. The molecule has 0 spiro atoms. The van der Waals surface area contributed by atoms with E-state index in [0.29, 0.717) is 0 Å². The Morgan fingerprint density at radius 3 is 2.33 bits per heavy atom. The Labute approximate surface area is 94.6 Å². The Morgan fingerprint density at radius 1 is 1.40 bits per heavy atom. The van der Waals surface area contributed by atoms with Crippen molar-refractivity contribution < 1.29 is 4.79 Å². The van der Waals surface area contributed by atoms with Gasteiger partial charge in [0.2, 0.25) is 6.41 Å². The van der Waals surface area contributed by atoms with Crippen LogP contribution in [0.4, 0.5) is 0 Å². The highest BCUT2D eigenvalue weighted by Gasteiger charge is 2.28. The Morgan fingerprint density at radius 2 is 1.93 bits per heavy atom. The lowest BCUT2D eigenvalue weighted by Crippen LogP contribution is -2.26. The molecule has 0 radical (unpaired) electrons. The second-order valence-electron chi connectivity index (χ2n) is 5.13. The lowest BCUT2D eigenvalue weighted by Gasteiger charge is -2.36. The predicted octanol–water partition coefficient (Wildman–Crippen LogP) is 3.21. The minimum Gasteiger partial charge on any atom is -0.372 e. The molecule has 1 aliphatic carbocycles. The van der Waals surface area contributed by atoms with Gasteiger partial charge < -0.3 is 5.73 Å². The number of carbonyl (C=O) groups excluding carboxylic acids is 1. The van der Waals surface area contributed by atoms with Crippen LogP contribution in [-0.4, -0.2) is 6.41 Å². The quantitative estimate of drug-likeness (QED) is 0.703. The molecule has 3 atom stereocenters. The molecule has 0 aliphatic heterocycles. The first-order valence-corrected chi connectivity index (χ1v) is 6.22. The molecular weight excluding hydrogens is 186 g/mol. The van der Waals surface area contributed by atoms with E-state index in [-0.39, 0.29) is 6.41 Å². The van der Waals surface area contributed by atoms with Crippen molar-refractivity contribution in [2.24, 2.45) is 29.4 Å². The predicted molar refractivity (Wildman–Crippen MR) is 65.4 cm³/mol. The molecule has 0 aromatic rings. The van der Waals surface area contributed by atoms with E-state index < -0.39 is 0 Å². The van der Waals surface area contributed by atoms with E-state index in [1.165, 1.54) is 25.7 Å². The van der Waals surface area contributed by atoms with E-state index in [1.807, 2.05) is 0 Å². The average Bonchev–Trinajstić information content (AvgIpc) is 2.18. The van der Waals surface area contributed by atoms with Crippen molar-refractivity contribution in [1.29, 1.82) is 0 Å². The lowest BCUT2D eigenvalue weighted by molar-refractivity contribution is -0.106. The molecule has 2 nitrogen and oxygen atoms in total. The van der Waals surface area contributed by atoms with Crippen molar-refractivity contribution in [3.05, 3.63) is 0 Å². The van der Waals surface area contributed by atoms with Crippen LogP contribution in [0.1, 0.15) is 53.4 Å². The Kier molecular flexibility index (Phi) is 7.45. The zero-order valence-corrected chi connectivity index (χ0v) is 10.7. The fraction of sp³-hybridized carbons (Fsp3) is 0.923. The molecule has 0 heterocycles. The summed E-state index contributed by atoms with van der Waals surface area (Å²) in [5, 5.41) is 0. The van der Waals surface area contributed by atoms with Gasteiger partial charge in [-0.15, -0.1) is 0 Å². The molecule has 1 fully saturated rings. The van der Waals surface area contributed by atoms with Crippen molar-refractivity contribution in [2.45, 2.75) is 53.4 Å². The summed E-state index contributed by atoms with van der Waals surface area (Å²) in [6.07, 6.45) is 6.09. The van der Waals surface area contributed by atoms with E-state index in [4.69, 9.17) is 4.79 Å². The summed E-state index contributed by atoms with van der Waals surface area (Å²) in [4.78, 5) is 8.58. The van der Waals surface area contributed by atoms with E-state index in [0.717, 1.165) is 23.7 Å². The minimum atomic E-state index is 0.250. The first kappa shape index (κ1) is 14.5. The van der Waals surface area contributed by atoms with Crippen molar-refractivity contribution in [3.63, 3.8) is 0 Å². The number of rotatable bonds is 2. The van der Waals surface area contributed by atoms with E-state index >= 15 is 0 Å². The molecule has 15 heavy (non-hydrogen) atoms. The normalized spacial score (nSPS) is 30.6. The maximum atomic E-state index is 8.58. The van der Waals surface area contributed by atoms with Crippen LogP contribution in [-0.2, 0) is 4.79 Å². The third-order valence-electron chi connectivity index (χ3n) is 3.68. The summed E-state index contributed by atoms with van der Waals surface area (Å²) in [5.74, 6) is 3.94. The second kappa shape index (κ2) is 7.72. The van der Waals surface area contributed by atoms with Crippen molar-refractivity contribution in [1.82, 2.24) is 0 Å². The summed E-state index contributed by atoms with van der Waals surface area (Å²) in [6.45, 7) is 9.56. The molecular formula is C13H27NO. The summed E-state index contributed by atoms with van der Waals surface area (Å²) >= 11 is 0. The number of hydrogen-bond donors (Lipinski definition) is 1. The first-order valence-electron chi connectivity index (χ1n) is 6.22. The Bertz CT molecular complexity index is 168. The van der Waals surface area contributed by atoms with Crippen LogP contribution in [0.2, 0.25) is 0 Å². The van der Waals surface area contributed by atoms with Crippen LogP contribution >= 0.6 is 0 Å². The van der Waals surface area contributed by atoms with Gasteiger partial charge >= 0.3 is 0 Å². The molecule has 3 unspecified atom stereocenters. The summed E-state index contributed by atoms with van der Waals surface area (Å²) in [5.41, 5.74) is 4.17. The highest BCUT2D eigenvalue weighted by atomic mass is 16.1. The van der Waals surface area contributed by atoms with Gasteiger partial charge in [0.15, 0.2) is 0 Å². The van der Waals surface area contributed by atoms with Crippen molar-refractivity contribution in [3.8, 4) is 0 Å². The van der Waals surface area contributed by atoms with Crippen LogP contribution < -0.4 is 5.73 Å². The molecule has 0 bridgehead atoms. The van der Waals surface area contributed by atoms with Gasteiger partial charge in [0, 0.05) is 0 Å². The molecule has 0 saturated heterocycles. The van der Waals surface area contributed by atoms with Crippen LogP contribution in [0.3, 0.4) is 0 Å². The average molecular weight is 213 g/mol. The van der Waals surface area contributed by atoms with Gasteiger partial charge in [0.1, 0.15) is 0 Å². The van der Waals surface area contributed by atoms with Crippen LogP contribution in [0.25, 0.3) is 0 Å². The number of primary amides is 1. The van der Waals surface area contributed by atoms with Crippen LogP contribution in [0.15, 0.2) is 0 Å². The fourth-order valence-electron chi connectivity index (χ4n) is 2.87. The molecule has 2 N–H and O–H groups in total.